The summed E-state index contributed by atoms with van der Waals surface area (Å²) in [5.74, 6) is 0.0848. The van der Waals surface area contributed by atoms with Gasteiger partial charge in [-0.15, -0.1) is 0 Å². The van der Waals surface area contributed by atoms with Crippen LogP contribution in [0.15, 0.2) is 0 Å². The highest BCUT2D eigenvalue weighted by Gasteiger charge is 2.41. The molecule has 0 aromatic rings. The summed E-state index contributed by atoms with van der Waals surface area (Å²) in [5, 5.41) is 9.37. The third-order valence-electron chi connectivity index (χ3n) is 3.14. The molecule has 0 unspecified atom stereocenters. The minimum atomic E-state index is -0.452. The molecule has 13 heavy (non-hydrogen) atoms. The third-order valence-corrected chi connectivity index (χ3v) is 3.14. The number of methoxy groups -OCH3 is 1. The maximum atomic E-state index is 11.4. The molecule has 3 nitrogen and oxygen atoms in total. The summed E-state index contributed by atoms with van der Waals surface area (Å²) in [6.45, 7) is 3.78. The molecule has 1 aliphatic carbocycles. The van der Waals surface area contributed by atoms with E-state index in [0.717, 1.165) is 19.3 Å². The number of carbonyl (C=O) groups is 1. The van der Waals surface area contributed by atoms with E-state index in [-0.39, 0.29) is 18.0 Å². The quantitative estimate of drug-likeness (QED) is 0.662. The monoisotopic (exact) mass is 186 g/mol. The third kappa shape index (κ3) is 2.02. The lowest BCUT2D eigenvalue weighted by molar-refractivity contribution is -0.154. The molecular formula is C10H18O3. The average Bonchev–Trinajstić information content (AvgIpc) is 2.50. The van der Waals surface area contributed by atoms with Gasteiger partial charge in [0, 0.05) is 0 Å². The van der Waals surface area contributed by atoms with Crippen molar-refractivity contribution in [2.45, 2.75) is 39.2 Å². The number of ether oxygens (including phenoxy) is 1. The van der Waals surface area contributed by atoms with Crippen LogP contribution in [0, 0.1) is 11.3 Å². The Labute approximate surface area is 79.1 Å². The zero-order chi connectivity index (χ0) is 10.1. The van der Waals surface area contributed by atoms with Crippen LogP contribution in [-0.4, -0.2) is 24.3 Å². The van der Waals surface area contributed by atoms with Crippen LogP contribution in [0.1, 0.15) is 33.1 Å². The number of esters is 1. The standard InChI is InChI=1S/C10H18O3/c1-10(2,9(12)13-3)7-4-5-8(11)6-7/h7-8,11H,4-6H2,1-3H3/t7-,8+/m1/s1. The fourth-order valence-electron chi connectivity index (χ4n) is 2.04. The van der Waals surface area contributed by atoms with Crippen LogP contribution in [0.2, 0.25) is 0 Å². The Bertz CT molecular complexity index is 198. The lowest BCUT2D eigenvalue weighted by Crippen LogP contribution is -2.33. The second kappa shape index (κ2) is 3.66. The zero-order valence-corrected chi connectivity index (χ0v) is 8.54. The van der Waals surface area contributed by atoms with Crippen molar-refractivity contribution in [1.82, 2.24) is 0 Å². The van der Waals surface area contributed by atoms with E-state index < -0.39 is 5.41 Å². The lowest BCUT2D eigenvalue weighted by atomic mass is 9.78. The molecule has 0 aromatic heterocycles. The second-order valence-corrected chi connectivity index (χ2v) is 4.38. The van der Waals surface area contributed by atoms with Gasteiger partial charge in [-0.2, -0.15) is 0 Å². The van der Waals surface area contributed by atoms with Gasteiger partial charge < -0.3 is 9.84 Å². The maximum Gasteiger partial charge on any atom is 0.311 e. The predicted octanol–water partition coefficient (Wildman–Crippen LogP) is 1.35. The van der Waals surface area contributed by atoms with Crippen molar-refractivity contribution in [2.24, 2.45) is 11.3 Å². The van der Waals surface area contributed by atoms with Gasteiger partial charge >= 0.3 is 5.97 Å². The molecule has 0 saturated heterocycles. The molecule has 0 aliphatic heterocycles. The van der Waals surface area contributed by atoms with Crippen LogP contribution in [-0.2, 0) is 9.53 Å². The Hall–Kier alpha value is -0.570. The van der Waals surface area contributed by atoms with E-state index in [1.807, 2.05) is 13.8 Å². The number of hydrogen-bond acceptors (Lipinski definition) is 3. The number of rotatable bonds is 2. The molecule has 1 rings (SSSR count). The largest absolute Gasteiger partial charge is 0.469 e. The molecule has 2 atom stereocenters. The predicted molar refractivity (Wildman–Crippen MR) is 49.1 cm³/mol. The molecule has 3 heteroatoms. The fourth-order valence-corrected chi connectivity index (χ4v) is 2.04. The lowest BCUT2D eigenvalue weighted by Gasteiger charge is -2.28. The SMILES string of the molecule is COC(=O)C(C)(C)[C@@H]1CC[C@H](O)C1. The molecule has 0 spiro atoms. The molecule has 0 heterocycles. The fraction of sp³-hybridized carbons (Fsp3) is 0.900. The molecule has 0 bridgehead atoms. The van der Waals surface area contributed by atoms with E-state index in [9.17, 15) is 9.90 Å². The van der Waals surface area contributed by atoms with Gasteiger partial charge in [-0.1, -0.05) is 0 Å². The summed E-state index contributed by atoms with van der Waals surface area (Å²) in [7, 11) is 1.41. The molecule has 0 radical (unpaired) electrons. The molecule has 1 N–H and O–H groups in total. The van der Waals surface area contributed by atoms with Crippen LogP contribution in [0.4, 0.5) is 0 Å². The molecule has 0 aromatic carbocycles. The normalized spacial score (nSPS) is 28.9. The Balaban J connectivity index is 2.64. The van der Waals surface area contributed by atoms with Gasteiger partial charge in [0.2, 0.25) is 0 Å². The molecule has 1 fully saturated rings. The van der Waals surface area contributed by atoms with Gasteiger partial charge in [0.05, 0.1) is 18.6 Å². The van der Waals surface area contributed by atoms with Crippen molar-refractivity contribution < 1.29 is 14.6 Å². The number of hydrogen-bond donors (Lipinski definition) is 1. The van der Waals surface area contributed by atoms with E-state index >= 15 is 0 Å². The van der Waals surface area contributed by atoms with Gasteiger partial charge in [-0.25, -0.2) is 0 Å². The summed E-state index contributed by atoms with van der Waals surface area (Å²) in [5.41, 5.74) is -0.452. The van der Waals surface area contributed by atoms with Crippen LogP contribution in [0.3, 0.4) is 0 Å². The van der Waals surface area contributed by atoms with Gasteiger partial charge in [0.25, 0.3) is 0 Å². The topological polar surface area (TPSA) is 46.5 Å². The first kappa shape index (κ1) is 10.5. The first-order valence-electron chi connectivity index (χ1n) is 4.75. The molecule has 1 aliphatic rings. The first-order valence-corrected chi connectivity index (χ1v) is 4.75. The van der Waals surface area contributed by atoms with Gasteiger partial charge in [0.15, 0.2) is 0 Å². The highest BCUT2D eigenvalue weighted by Crippen LogP contribution is 2.40. The summed E-state index contributed by atoms with van der Waals surface area (Å²) in [6.07, 6.45) is 2.23. The summed E-state index contributed by atoms with van der Waals surface area (Å²) in [6, 6.07) is 0. The number of carbonyl (C=O) groups excluding carboxylic acids is 1. The van der Waals surface area contributed by atoms with Gasteiger partial charge in [-0.3, -0.25) is 4.79 Å². The van der Waals surface area contributed by atoms with Gasteiger partial charge in [-0.05, 0) is 39.0 Å². The number of aliphatic hydroxyl groups is 1. The van der Waals surface area contributed by atoms with Crippen molar-refractivity contribution in [3.63, 3.8) is 0 Å². The summed E-state index contributed by atoms with van der Waals surface area (Å²) >= 11 is 0. The van der Waals surface area contributed by atoms with Crippen molar-refractivity contribution in [3.05, 3.63) is 0 Å². The number of aliphatic hydroxyl groups excluding tert-OH is 1. The molecule has 76 valence electrons. The minimum absolute atomic E-state index is 0.174. The zero-order valence-electron chi connectivity index (χ0n) is 8.54. The Kier molecular flexibility index (Phi) is 2.96. The maximum absolute atomic E-state index is 11.4. The van der Waals surface area contributed by atoms with Crippen LogP contribution in [0.25, 0.3) is 0 Å². The van der Waals surface area contributed by atoms with Crippen LogP contribution in [0.5, 0.6) is 0 Å². The molecule has 0 amide bonds. The van der Waals surface area contributed by atoms with E-state index in [1.54, 1.807) is 0 Å². The Morgan fingerprint density at radius 1 is 1.46 bits per heavy atom. The van der Waals surface area contributed by atoms with Crippen molar-refractivity contribution in [1.29, 1.82) is 0 Å². The van der Waals surface area contributed by atoms with Crippen molar-refractivity contribution in [3.8, 4) is 0 Å². The van der Waals surface area contributed by atoms with Crippen molar-refractivity contribution in [2.75, 3.05) is 7.11 Å². The Morgan fingerprint density at radius 2 is 2.08 bits per heavy atom. The Morgan fingerprint density at radius 3 is 2.46 bits per heavy atom. The highest BCUT2D eigenvalue weighted by atomic mass is 16.5. The van der Waals surface area contributed by atoms with Gasteiger partial charge in [0.1, 0.15) is 0 Å². The summed E-state index contributed by atoms with van der Waals surface area (Å²) < 4.78 is 4.74. The van der Waals surface area contributed by atoms with E-state index in [1.165, 1.54) is 7.11 Å². The van der Waals surface area contributed by atoms with Crippen LogP contribution < -0.4 is 0 Å². The van der Waals surface area contributed by atoms with E-state index in [2.05, 4.69) is 0 Å². The summed E-state index contributed by atoms with van der Waals surface area (Å²) in [4.78, 5) is 11.4. The van der Waals surface area contributed by atoms with E-state index in [4.69, 9.17) is 4.74 Å². The highest BCUT2D eigenvalue weighted by molar-refractivity contribution is 5.76. The smallest absolute Gasteiger partial charge is 0.311 e. The van der Waals surface area contributed by atoms with Crippen molar-refractivity contribution >= 4 is 5.97 Å². The van der Waals surface area contributed by atoms with E-state index in [0.29, 0.717) is 0 Å². The minimum Gasteiger partial charge on any atom is -0.469 e. The second-order valence-electron chi connectivity index (χ2n) is 4.38. The molecular weight excluding hydrogens is 168 g/mol. The average molecular weight is 186 g/mol. The molecule has 1 saturated carbocycles. The van der Waals surface area contributed by atoms with Crippen LogP contribution >= 0.6 is 0 Å². The first-order chi connectivity index (χ1) is 5.98.